The molecule has 0 saturated carbocycles. The van der Waals surface area contributed by atoms with E-state index in [1.54, 1.807) is 18.2 Å². The molecule has 0 spiro atoms. The van der Waals surface area contributed by atoms with Crippen molar-refractivity contribution in [2.45, 2.75) is 18.7 Å². The van der Waals surface area contributed by atoms with Gasteiger partial charge in [-0.2, -0.15) is 4.31 Å². The zero-order valence-electron chi connectivity index (χ0n) is 12.1. The number of rotatable bonds is 2. The van der Waals surface area contributed by atoms with E-state index in [2.05, 4.69) is 5.32 Å². The first-order valence-electron chi connectivity index (χ1n) is 6.87. The zero-order valence-corrected chi connectivity index (χ0v) is 13.7. The van der Waals surface area contributed by atoms with Crippen molar-refractivity contribution in [3.05, 3.63) is 29.1 Å². The van der Waals surface area contributed by atoms with Gasteiger partial charge in [0.15, 0.2) is 0 Å². The first kappa shape index (κ1) is 16.7. The summed E-state index contributed by atoms with van der Waals surface area (Å²) in [6.45, 7) is 6.21. The molecule has 0 unspecified atom stereocenters. The number of nitrogens with one attached hydrogen (secondary N) is 1. The SMILES string of the molecule is Cc1cc(F)cc(C)c1S(=O)(=O)N1C[C@H]2CNC[C@H]2C1.Cl. The summed E-state index contributed by atoms with van der Waals surface area (Å²) in [5.41, 5.74) is 0.968. The maximum absolute atomic E-state index is 13.3. The summed E-state index contributed by atoms with van der Waals surface area (Å²) in [6, 6.07) is 2.58. The molecule has 3 rings (SSSR count). The Morgan fingerprint density at radius 3 is 2.10 bits per heavy atom. The number of fused-ring (bicyclic) bond motifs is 1. The molecule has 0 bridgehead atoms. The van der Waals surface area contributed by atoms with Crippen LogP contribution in [0.4, 0.5) is 4.39 Å². The van der Waals surface area contributed by atoms with Crippen molar-refractivity contribution in [3.8, 4) is 0 Å². The Balaban J connectivity index is 0.00000161. The molecule has 0 radical (unpaired) electrons. The van der Waals surface area contributed by atoms with Crippen LogP contribution in [0, 0.1) is 31.5 Å². The monoisotopic (exact) mass is 334 g/mol. The molecule has 118 valence electrons. The summed E-state index contributed by atoms with van der Waals surface area (Å²) in [7, 11) is -3.52. The molecule has 2 aliphatic heterocycles. The Bertz CT molecular complexity index is 615. The van der Waals surface area contributed by atoms with Crippen molar-refractivity contribution < 1.29 is 12.8 Å². The van der Waals surface area contributed by atoms with E-state index in [0.717, 1.165) is 13.1 Å². The van der Waals surface area contributed by atoms with Gasteiger partial charge in [-0.25, -0.2) is 12.8 Å². The average Bonchev–Trinajstić information content (AvgIpc) is 2.85. The standard InChI is InChI=1S/C14H19FN2O2S.ClH/c1-9-3-13(15)4-10(2)14(9)20(18,19)17-7-11-5-16-6-12(11)8-17;/h3-4,11-12,16H,5-8H2,1-2H3;1H/t11-,12+;. The predicted octanol–water partition coefficient (Wildman–Crippen LogP) is 1.70. The van der Waals surface area contributed by atoms with Crippen LogP contribution in [0.5, 0.6) is 0 Å². The minimum absolute atomic E-state index is 0. The van der Waals surface area contributed by atoms with E-state index in [1.807, 2.05) is 0 Å². The van der Waals surface area contributed by atoms with Crippen molar-refractivity contribution in [1.29, 1.82) is 0 Å². The van der Waals surface area contributed by atoms with Gasteiger partial charge in [0.2, 0.25) is 10.0 Å². The molecule has 0 amide bonds. The van der Waals surface area contributed by atoms with Gasteiger partial charge >= 0.3 is 0 Å². The fourth-order valence-corrected chi connectivity index (χ4v) is 5.41. The molecule has 2 aliphatic rings. The van der Waals surface area contributed by atoms with Gasteiger partial charge in [-0.1, -0.05) is 0 Å². The molecule has 1 aromatic carbocycles. The van der Waals surface area contributed by atoms with Gasteiger partial charge in [0.1, 0.15) is 5.82 Å². The van der Waals surface area contributed by atoms with Crippen LogP contribution >= 0.6 is 12.4 Å². The lowest BCUT2D eigenvalue weighted by Gasteiger charge is -2.20. The van der Waals surface area contributed by atoms with Crippen molar-refractivity contribution in [2.24, 2.45) is 11.8 Å². The molecule has 0 aliphatic carbocycles. The second kappa shape index (κ2) is 5.83. The van der Waals surface area contributed by atoms with Crippen LogP contribution < -0.4 is 5.32 Å². The summed E-state index contributed by atoms with van der Waals surface area (Å²) >= 11 is 0. The topological polar surface area (TPSA) is 49.4 Å². The summed E-state index contributed by atoms with van der Waals surface area (Å²) in [5.74, 6) is 0.429. The fraction of sp³-hybridized carbons (Fsp3) is 0.571. The van der Waals surface area contributed by atoms with Crippen LogP contribution in [-0.2, 0) is 10.0 Å². The first-order chi connectivity index (χ1) is 9.39. The van der Waals surface area contributed by atoms with Crippen molar-refractivity contribution in [3.63, 3.8) is 0 Å². The van der Waals surface area contributed by atoms with Gasteiger partial charge in [-0.15, -0.1) is 12.4 Å². The lowest BCUT2D eigenvalue weighted by Crippen LogP contribution is -2.32. The molecule has 2 atom stereocenters. The highest BCUT2D eigenvalue weighted by Gasteiger charge is 2.42. The second-order valence-corrected chi connectivity index (χ2v) is 7.74. The molecular formula is C14H20ClFN2O2S. The smallest absolute Gasteiger partial charge is 0.243 e. The molecule has 0 aromatic heterocycles. The quantitative estimate of drug-likeness (QED) is 0.895. The lowest BCUT2D eigenvalue weighted by atomic mass is 10.0. The highest BCUT2D eigenvalue weighted by atomic mass is 35.5. The van der Waals surface area contributed by atoms with Gasteiger partial charge in [0, 0.05) is 13.1 Å². The van der Waals surface area contributed by atoms with E-state index in [-0.39, 0.29) is 23.1 Å². The first-order valence-corrected chi connectivity index (χ1v) is 8.31. The third-order valence-electron chi connectivity index (χ3n) is 4.38. The van der Waals surface area contributed by atoms with Crippen LogP contribution in [-0.4, -0.2) is 38.9 Å². The summed E-state index contributed by atoms with van der Waals surface area (Å²) in [6.07, 6.45) is 0. The molecule has 2 saturated heterocycles. The average molecular weight is 335 g/mol. The van der Waals surface area contributed by atoms with Crippen LogP contribution in [0.1, 0.15) is 11.1 Å². The lowest BCUT2D eigenvalue weighted by molar-refractivity contribution is 0.447. The molecule has 1 N–H and O–H groups in total. The number of nitrogens with zero attached hydrogens (tertiary/aromatic N) is 1. The maximum Gasteiger partial charge on any atom is 0.243 e. The molecule has 21 heavy (non-hydrogen) atoms. The van der Waals surface area contributed by atoms with E-state index < -0.39 is 10.0 Å². The third-order valence-corrected chi connectivity index (χ3v) is 6.52. The molecule has 4 nitrogen and oxygen atoms in total. The zero-order chi connectivity index (χ0) is 14.5. The number of hydrogen-bond donors (Lipinski definition) is 1. The van der Waals surface area contributed by atoms with Crippen LogP contribution in [0.25, 0.3) is 0 Å². The molecule has 7 heteroatoms. The molecular weight excluding hydrogens is 315 g/mol. The van der Waals surface area contributed by atoms with Crippen LogP contribution in [0.3, 0.4) is 0 Å². The Kier molecular flexibility index (Phi) is 4.63. The predicted molar refractivity (Wildman–Crippen MR) is 81.7 cm³/mol. The summed E-state index contributed by atoms with van der Waals surface area (Å²) < 4.78 is 40.5. The van der Waals surface area contributed by atoms with Gasteiger partial charge in [0.25, 0.3) is 0 Å². The van der Waals surface area contributed by atoms with Crippen molar-refractivity contribution in [1.82, 2.24) is 9.62 Å². The van der Waals surface area contributed by atoms with Gasteiger partial charge in [-0.3, -0.25) is 0 Å². The minimum atomic E-state index is -3.52. The normalized spacial score (nSPS) is 25.7. The Morgan fingerprint density at radius 1 is 1.14 bits per heavy atom. The minimum Gasteiger partial charge on any atom is -0.316 e. The Morgan fingerprint density at radius 2 is 1.62 bits per heavy atom. The Labute approximate surface area is 131 Å². The van der Waals surface area contributed by atoms with Crippen LogP contribution in [0.15, 0.2) is 17.0 Å². The van der Waals surface area contributed by atoms with E-state index in [0.29, 0.717) is 36.1 Å². The van der Waals surface area contributed by atoms with E-state index >= 15 is 0 Å². The van der Waals surface area contributed by atoms with Gasteiger partial charge in [-0.05, 0) is 62.0 Å². The summed E-state index contributed by atoms with van der Waals surface area (Å²) in [5, 5.41) is 3.30. The largest absolute Gasteiger partial charge is 0.316 e. The van der Waals surface area contributed by atoms with Crippen molar-refractivity contribution in [2.75, 3.05) is 26.2 Å². The van der Waals surface area contributed by atoms with E-state index in [4.69, 9.17) is 0 Å². The number of aryl methyl sites for hydroxylation is 2. The molecule has 2 fully saturated rings. The van der Waals surface area contributed by atoms with Crippen LogP contribution in [0.2, 0.25) is 0 Å². The third kappa shape index (κ3) is 2.82. The fourth-order valence-electron chi connectivity index (χ4n) is 3.44. The molecule has 1 aromatic rings. The van der Waals surface area contributed by atoms with Gasteiger partial charge in [0.05, 0.1) is 4.90 Å². The Hall–Kier alpha value is -0.690. The number of benzene rings is 1. The highest BCUT2D eigenvalue weighted by Crippen LogP contribution is 2.33. The number of sulfonamides is 1. The number of hydrogen-bond acceptors (Lipinski definition) is 3. The van der Waals surface area contributed by atoms with Gasteiger partial charge < -0.3 is 5.32 Å². The van der Waals surface area contributed by atoms with E-state index in [9.17, 15) is 12.8 Å². The maximum atomic E-state index is 13.3. The summed E-state index contributed by atoms with van der Waals surface area (Å²) in [4.78, 5) is 0.270. The second-order valence-electron chi connectivity index (χ2n) is 5.87. The molecule has 2 heterocycles. The van der Waals surface area contributed by atoms with Crippen molar-refractivity contribution >= 4 is 22.4 Å². The number of halogens is 2. The highest BCUT2D eigenvalue weighted by molar-refractivity contribution is 7.89. The van der Waals surface area contributed by atoms with E-state index in [1.165, 1.54) is 12.1 Å².